The molecule has 3 amide bonds. The summed E-state index contributed by atoms with van der Waals surface area (Å²) in [5, 5.41) is 2.94. The van der Waals surface area contributed by atoms with Gasteiger partial charge in [0.25, 0.3) is 11.5 Å². The largest absolute Gasteiger partial charge is 0.352 e. The lowest BCUT2D eigenvalue weighted by molar-refractivity contribution is -0.121. The second-order valence-electron chi connectivity index (χ2n) is 9.78. The van der Waals surface area contributed by atoms with Crippen molar-refractivity contribution in [3.63, 3.8) is 0 Å². The lowest BCUT2D eigenvalue weighted by Crippen LogP contribution is -2.62. The van der Waals surface area contributed by atoms with Crippen molar-refractivity contribution >= 4 is 23.4 Å². The Morgan fingerprint density at radius 2 is 1.68 bits per heavy atom. The van der Waals surface area contributed by atoms with Crippen LogP contribution in [0.1, 0.15) is 54.1 Å². The van der Waals surface area contributed by atoms with Gasteiger partial charge in [0.1, 0.15) is 5.66 Å². The Morgan fingerprint density at radius 1 is 0.946 bits per heavy atom. The summed E-state index contributed by atoms with van der Waals surface area (Å²) in [6, 6.07) is 20.1. The van der Waals surface area contributed by atoms with Gasteiger partial charge in [0.05, 0.1) is 17.8 Å². The van der Waals surface area contributed by atoms with Crippen LogP contribution in [0.15, 0.2) is 77.7 Å². The van der Waals surface area contributed by atoms with Crippen LogP contribution in [-0.2, 0) is 22.7 Å². The van der Waals surface area contributed by atoms with Gasteiger partial charge in [-0.1, -0.05) is 42.5 Å². The van der Waals surface area contributed by atoms with Gasteiger partial charge in [0.15, 0.2) is 0 Å². The molecular weight excluding hydrogens is 468 g/mol. The molecule has 1 aromatic heterocycles. The molecule has 1 fully saturated rings. The molecule has 3 heterocycles. The fourth-order valence-electron chi connectivity index (χ4n) is 5.28. The number of hydrogen-bond acceptors (Lipinski definition) is 4. The van der Waals surface area contributed by atoms with Crippen molar-refractivity contribution in [1.82, 2.24) is 14.8 Å². The van der Waals surface area contributed by atoms with Gasteiger partial charge in [-0.3, -0.25) is 24.1 Å². The lowest BCUT2D eigenvalue weighted by atomic mass is 9.98. The fraction of sp³-hybridized carbons (Fsp3) is 0.310. The van der Waals surface area contributed by atoms with E-state index < -0.39 is 5.66 Å². The molecule has 190 valence electrons. The van der Waals surface area contributed by atoms with E-state index in [9.17, 15) is 19.2 Å². The maximum absolute atomic E-state index is 13.3. The Labute approximate surface area is 215 Å². The third-order valence-corrected chi connectivity index (χ3v) is 7.30. The molecule has 2 aromatic carbocycles. The van der Waals surface area contributed by atoms with Crippen LogP contribution < -0.4 is 15.8 Å². The fourth-order valence-corrected chi connectivity index (χ4v) is 5.28. The summed E-state index contributed by atoms with van der Waals surface area (Å²) in [6.07, 6.45) is 3.52. The molecule has 0 bridgehead atoms. The highest BCUT2D eigenvalue weighted by atomic mass is 16.2. The Kier molecular flexibility index (Phi) is 6.65. The van der Waals surface area contributed by atoms with Gasteiger partial charge >= 0.3 is 0 Å². The van der Waals surface area contributed by atoms with Crippen molar-refractivity contribution in [1.29, 1.82) is 0 Å². The molecule has 1 N–H and O–H groups in total. The Hall–Kier alpha value is -4.20. The van der Waals surface area contributed by atoms with Gasteiger partial charge in [0.2, 0.25) is 11.8 Å². The number of para-hydroxylation sites is 1. The molecule has 5 rings (SSSR count). The molecule has 1 saturated heterocycles. The van der Waals surface area contributed by atoms with Gasteiger partial charge < -0.3 is 14.8 Å². The van der Waals surface area contributed by atoms with Gasteiger partial charge in [-0.05, 0) is 49.1 Å². The highest BCUT2D eigenvalue weighted by Gasteiger charge is 2.52. The predicted molar refractivity (Wildman–Crippen MR) is 140 cm³/mol. The number of amides is 3. The third-order valence-electron chi connectivity index (χ3n) is 7.30. The van der Waals surface area contributed by atoms with E-state index >= 15 is 0 Å². The van der Waals surface area contributed by atoms with E-state index in [1.165, 1.54) is 6.07 Å². The SMILES string of the molecule is CC12CCC(=O)N1c1ccccc1C(=O)N2CCCC(=O)NCc1ccc(Cn2ccccc2=O)cc1. The number of nitrogens with zero attached hydrogens (tertiary/aromatic N) is 3. The normalized spacial score (nSPS) is 18.5. The zero-order chi connectivity index (χ0) is 26.0. The van der Waals surface area contributed by atoms with E-state index in [1.807, 2.05) is 49.4 Å². The molecule has 0 radical (unpaired) electrons. The van der Waals surface area contributed by atoms with E-state index in [0.717, 1.165) is 11.1 Å². The van der Waals surface area contributed by atoms with E-state index in [0.29, 0.717) is 50.1 Å². The molecule has 0 aliphatic carbocycles. The molecule has 8 heteroatoms. The van der Waals surface area contributed by atoms with Crippen LogP contribution in [0.2, 0.25) is 0 Å². The van der Waals surface area contributed by atoms with Crippen LogP contribution in [0.3, 0.4) is 0 Å². The lowest BCUT2D eigenvalue weighted by Gasteiger charge is -2.48. The van der Waals surface area contributed by atoms with E-state index in [2.05, 4.69) is 5.32 Å². The first-order chi connectivity index (χ1) is 17.9. The number of nitrogens with one attached hydrogen (secondary N) is 1. The topological polar surface area (TPSA) is 91.7 Å². The molecule has 2 aliphatic rings. The van der Waals surface area contributed by atoms with Crippen LogP contribution in [0, 0.1) is 0 Å². The van der Waals surface area contributed by atoms with Gasteiger partial charge in [-0.2, -0.15) is 0 Å². The minimum atomic E-state index is -0.703. The molecule has 37 heavy (non-hydrogen) atoms. The summed E-state index contributed by atoms with van der Waals surface area (Å²) in [4.78, 5) is 53.9. The maximum Gasteiger partial charge on any atom is 0.257 e. The monoisotopic (exact) mass is 498 g/mol. The molecule has 0 saturated carbocycles. The number of fused-ring (bicyclic) bond motifs is 3. The van der Waals surface area contributed by atoms with Gasteiger partial charge in [0, 0.05) is 38.2 Å². The Morgan fingerprint density at radius 3 is 2.46 bits per heavy atom. The average molecular weight is 499 g/mol. The molecular formula is C29H30N4O4. The number of carbonyl (C=O) groups is 3. The minimum Gasteiger partial charge on any atom is -0.352 e. The quantitative estimate of drug-likeness (QED) is 0.516. The van der Waals surface area contributed by atoms with E-state index in [-0.39, 0.29) is 29.7 Å². The average Bonchev–Trinajstić information content (AvgIpc) is 3.22. The molecule has 3 aromatic rings. The number of benzene rings is 2. The van der Waals surface area contributed by atoms with Crippen LogP contribution in [-0.4, -0.2) is 39.4 Å². The first-order valence-electron chi connectivity index (χ1n) is 12.6. The first-order valence-corrected chi connectivity index (χ1v) is 12.6. The van der Waals surface area contributed by atoms with Crippen LogP contribution in [0.5, 0.6) is 0 Å². The highest BCUT2D eigenvalue weighted by molar-refractivity contribution is 6.10. The van der Waals surface area contributed by atoms with Crippen molar-refractivity contribution in [3.05, 3.63) is 100.0 Å². The predicted octanol–water partition coefficient (Wildman–Crippen LogP) is 3.29. The molecule has 2 aliphatic heterocycles. The van der Waals surface area contributed by atoms with Crippen molar-refractivity contribution in [2.75, 3.05) is 11.4 Å². The summed E-state index contributed by atoms with van der Waals surface area (Å²) in [5.74, 6) is -0.163. The summed E-state index contributed by atoms with van der Waals surface area (Å²) >= 11 is 0. The first kappa shape index (κ1) is 24.5. The minimum absolute atomic E-state index is 0.0204. The standard InChI is InChI=1S/C29H30N4O4/c1-29-16-15-27(36)33(29)24-8-3-2-7-23(24)28(37)32(29)18-6-9-25(34)30-19-21-11-13-22(14-12-21)20-31-17-5-4-10-26(31)35/h2-5,7-8,10-14,17H,6,9,15-16,18-20H2,1H3,(H,30,34). The third kappa shape index (κ3) is 4.79. The smallest absolute Gasteiger partial charge is 0.257 e. The summed E-state index contributed by atoms with van der Waals surface area (Å²) < 4.78 is 1.64. The van der Waals surface area contributed by atoms with Crippen molar-refractivity contribution in [2.24, 2.45) is 0 Å². The Bertz CT molecular complexity index is 1400. The number of anilines is 1. The molecule has 1 atom stereocenters. The number of rotatable bonds is 8. The van der Waals surface area contributed by atoms with Gasteiger partial charge in [-0.15, -0.1) is 0 Å². The van der Waals surface area contributed by atoms with Crippen LogP contribution in [0.4, 0.5) is 5.69 Å². The van der Waals surface area contributed by atoms with Crippen molar-refractivity contribution in [3.8, 4) is 0 Å². The van der Waals surface area contributed by atoms with Gasteiger partial charge in [-0.25, -0.2) is 0 Å². The van der Waals surface area contributed by atoms with Crippen LogP contribution >= 0.6 is 0 Å². The van der Waals surface area contributed by atoms with Crippen LogP contribution in [0.25, 0.3) is 0 Å². The van der Waals surface area contributed by atoms with E-state index in [4.69, 9.17) is 0 Å². The molecule has 1 unspecified atom stereocenters. The van der Waals surface area contributed by atoms with Crippen molar-refractivity contribution < 1.29 is 14.4 Å². The number of carbonyl (C=O) groups excluding carboxylic acids is 3. The molecule has 0 spiro atoms. The second-order valence-corrected chi connectivity index (χ2v) is 9.78. The maximum atomic E-state index is 13.3. The van der Waals surface area contributed by atoms with E-state index in [1.54, 1.807) is 38.8 Å². The number of hydrogen-bond donors (Lipinski definition) is 1. The zero-order valence-electron chi connectivity index (χ0n) is 20.9. The summed E-state index contributed by atoms with van der Waals surface area (Å²) in [7, 11) is 0. The van der Waals surface area contributed by atoms with Crippen molar-refractivity contribution in [2.45, 2.75) is 51.4 Å². The summed E-state index contributed by atoms with van der Waals surface area (Å²) in [6.45, 7) is 3.23. The number of pyridine rings is 1. The Balaban J connectivity index is 1.14. The zero-order valence-corrected chi connectivity index (χ0v) is 20.9. The molecule has 8 nitrogen and oxygen atoms in total. The highest BCUT2D eigenvalue weighted by Crippen LogP contribution is 2.44. The second kappa shape index (κ2) is 10.0. The summed E-state index contributed by atoms with van der Waals surface area (Å²) in [5.41, 5.74) is 2.42. The number of aromatic nitrogens is 1.